The molecular formula is C28H31N7O2. The Morgan fingerprint density at radius 1 is 1.11 bits per heavy atom. The number of anilines is 2. The molecule has 37 heavy (non-hydrogen) atoms. The van der Waals surface area contributed by atoms with Crippen LogP contribution in [-0.2, 0) is 4.74 Å². The molecule has 4 heterocycles. The van der Waals surface area contributed by atoms with E-state index in [0.717, 1.165) is 71.2 Å². The van der Waals surface area contributed by atoms with Crippen molar-refractivity contribution in [3.63, 3.8) is 0 Å². The third-order valence-corrected chi connectivity index (χ3v) is 6.72. The molecule has 1 unspecified atom stereocenters. The number of hydrogen-bond acceptors (Lipinski definition) is 8. The van der Waals surface area contributed by atoms with Crippen molar-refractivity contribution in [2.75, 3.05) is 50.1 Å². The van der Waals surface area contributed by atoms with E-state index in [0.29, 0.717) is 12.1 Å². The predicted molar refractivity (Wildman–Crippen MR) is 145 cm³/mol. The first kappa shape index (κ1) is 24.6. The van der Waals surface area contributed by atoms with Crippen LogP contribution in [0.2, 0.25) is 0 Å². The summed E-state index contributed by atoms with van der Waals surface area (Å²) in [6, 6.07) is 11.8. The third kappa shape index (κ3) is 5.22. The molecule has 1 amide bonds. The lowest BCUT2D eigenvalue weighted by molar-refractivity contribution is 0.0964. The highest BCUT2D eigenvalue weighted by atomic mass is 16.5. The fourth-order valence-electron chi connectivity index (χ4n) is 4.72. The van der Waals surface area contributed by atoms with Crippen LogP contribution >= 0.6 is 0 Å². The molecule has 0 saturated carbocycles. The van der Waals surface area contributed by atoms with Gasteiger partial charge in [-0.25, -0.2) is 15.0 Å². The van der Waals surface area contributed by atoms with Crippen LogP contribution in [0.3, 0.4) is 0 Å². The summed E-state index contributed by atoms with van der Waals surface area (Å²) in [4.78, 5) is 32.8. The Bertz CT molecular complexity index is 1420. The summed E-state index contributed by atoms with van der Waals surface area (Å²) in [5.74, 6) is 1.75. The maximum Gasteiger partial charge on any atom is 0.251 e. The molecule has 9 heteroatoms. The minimum atomic E-state index is -0.119. The van der Waals surface area contributed by atoms with E-state index in [-0.39, 0.29) is 11.8 Å². The fourth-order valence-corrected chi connectivity index (χ4v) is 4.72. The number of amides is 1. The van der Waals surface area contributed by atoms with Crippen LogP contribution in [0.15, 0.2) is 55.1 Å². The molecule has 190 valence electrons. The number of carbonyl (C=O) groups excluding carboxylic acids is 1. The first-order chi connectivity index (χ1) is 18.0. The number of aromatic nitrogens is 4. The summed E-state index contributed by atoms with van der Waals surface area (Å²) in [5, 5.41) is 7.00. The highest BCUT2D eigenvalue weighted by molar-refractivity contribution is 6.06. The molecule has 1 fully saturated rings. The Hall–Kier alpha value is -4.11. The summed E-state index contributed by atoms with van der Waals surface area (Å²) in [6.07, 6.45) is 5.13. The van der Waals surface area contributed by atoms with Gasteiger partial charge in [-0.2, -0.15) is 0 Å². The van der Waals surface area contributed by atoms with E-state index < -0.39 is 0 Å². The molecule has 0 spiro atoms. The number of nitrogens with zero attached hydrogens (tertiary/aromatic N) is 5. The van der Waals surface area contributed by atoms with Gasteiger partial charge in [-0.3, -0.25) is 9.78 Å². The zero-order valence-electron chi connectivity index (χ0n) is 21.4. The lowest BCUT2D eigenvalue weighted by Crippen LogP contribution is -2.37. The Kier molecular flexibility index (Phi) is 7.23. The SMILES string of the molecule is CNC(=O)c1ccnc2c(C(C)CNc3cc(-c4cnc(N5CCOCC5)c(C)c4)ncn3)cccc12. The van der Waals surface area contributed by atoms with Gasteiger partial charge >= 0.3 is 0 Å². The van der Waals surface area contributed by atoms with Crippen molar-refractivity contribution < 1.29 is 9.53 Å². The molecule has 4 aromatic rings. The summed E-state index contributed by atoms with van der Waals surface area (Å²) in [7, 11) is 1.64. The van der Waals surface area contributed by atoms with Gasteiger partial charge in [0.2, 0.25) is 0 Å². The van der Waals surface area contributed by atoms with Gasteiger partial charge in [-0.15, -0.1) is 0 Å². The van der Waals surface area contributed by atoms with E-state index in [1.165, 1.54) is 0 Å². The Morgan fingerprint density at radius 2 is 1.95 bits per heavy atom. The molecule has 1 aliphatic heterocycles. The summed E-state index contributed by atoms with van der Waals surface area (Å²) in [6.45, 7) is 8.03. The van der Waals surface area contributed by atoms with Gasteiger partial charge in [0.1, 0.15) is 18.0 Å². The molecule has 5 rings (SSSR count). The molecule has 1 saturated heterocycles. The smallest absolute Gasteiger partial charge is 0.251 e. The second-order valence-electron chi connectivity index (χ2n) is 9.22. The van der Waals surface area contributed by atoms with Crippen molar-refractivity contribution in [3.05, 3.63) is 71.8 Å². The monoisotopic (exact) mass is 497 g/mol. The van der Waals surface area contributed by atoms with Crippen LogP contribution in [0.4, 0.5) is 11.6 Å². The van der Waals surface area contributed by atoms with Crippen LogP contribution in [0.5, 0.6) is 0 Å². The first-order valence-electron chi connectivity index (χ1n) is 12.5. The average Bonchev–Trinajstić information content (AvgIpc) is 2.95. The lowest BCUT2D eigenvalue weighted by atomic mass is 9.96. The van der Waals surface area contributed by atoms with Gasteiger partial charge in [-0.1, -0.05) is 25.1 Å². The van der Waals surface area contributed by atoms with Crippen LogP contribution < -0.4 is 15.5 Å². The number of aryl methyl sites for hydroxylation is 1. The minimum Gasteiger partial charge on any atom is -0.378 e. The maximum atomic E-state index is 12.3. The predicted octanol–water partition coefficient (Wildman–Crippen LogP) is 3.81. The third-order valence-electron chi connectivity index (χ3n) is 6.72. The van der Waals surface area contributed by atoms with Crippen molar-refractivity contribution in [1.29, 1.82) is 0 Å². The van der Waals surface area contributed by atoms with Crippen molar-refractivity contribution >= 4 is 28.4 Å². The maximum absolute atomic E-state index is 12.3. The molecule has 1 aromatic carbocycles. The second kappa shape index (κ2) is 10.9. The number of pyridine rings is 2. The average molecular weight is 498 g/mol. The lowest BCUT2D eigenvalue weighted by Gasteiger charge is -2.29. The number of nitrogens with one attached hydrogen (secondary N) is 2. The fraction of sp³-hybridized carbons (Fsp3) is 0.321. The van der Waals surface area contributed by atoms with E-state index in [1.54, 1.807) is 25.6 Å². The van der Waals surface area contributed by atoms with Gasteiger partial charge in [-0.05, 0) is 30.2 Å². The molecule has 2 N–H and O–H groups in total. The normalized spacial score (nSPS) is 14.4. The van der Waals surface area contributed by atoms with Gasteiger partial charge < -0.3 is 20.3 Å². The molecule has 3 aromatic heterocycles. The summed E-state index contributed by atoms with van der Waals surface area (Å²) in [5.41, 5.74) is 5.41. The van der Waals surface area contributed by atoms with Crippen LogP contribution in [-0.4, -0.2) is 65.7 Å². The molecular weight excluding hydrogens is 466 g/mol. The number of carbonyl (C=O) groups is 1. The number of hydrogen-bond donors (Lipinski definition) is 2. The zero-order chi connectivity index (χ0) is 25.8. The van der Waals surface area contributed by atoms with Gasteiger partial charge in [0, 0.05) is 62.0 Å². The van der Waals surface area contributed by atoms with E-state index in [2.05, 4.69) is 56.5 Å². The molecule has 1 aliphatic rings. The van der Waals surface area contributed by atoms with Crippen molar-refractivity contribution in [3.8, 4) is 11.3 Å². The molecule has 9 nitrogen and oxygen atoms in total. The van der Waals surface area contributed by atoms with Gasteiger partial charge in [0.25, 0.3) is 5.91 Å². The van der Waals surface area contributed by atoms with Crippen molar-refractivity contribution in [2.45, 2.75) is 19.8 Å². The van der Waals surface area contributed by atoms with Crippen molar-refractivity contribution in [2.24, 2.45) is 0 Å². The number of benzene rings is 1. The van der Waals surface area contributed by atoms with E-state index in [1.807, 2.05) is 24.4 Å². The highest BCUT2D eigenvalue weighted by Crippen LogP contribution is 2.28. The Labute approximate surface area is 216 Å². The minimum absolute atomic E-state index is 0.119. The van der Waals surface area contributed by atoms with Gasteiger partial charge in [0.05, 0.1) is 30.0 Å². The quantitative estimate of drug-likeness (QED) is 0.397. The molecule has 0 radical (unpaired) electrons. The summed E-state index contributed by atoms with van der Waals surface area (Å²) < 4.78 is 5.46. The summed E-state index contributed by atoms with van der Waals surface area (Å²) >= 11 is 0. The number of ether oxygens (including phenoxy) is 1. The number of morpholine rings is 1. The van der Waals surface area contributed by atoms with E-state index in [4.69, 9.17) is 9.72 Å². The Morgan fingerprint density at radius 3 is 2.73 bits per heavy atom. The van der Waals surface area contributed by atoms with Crippen molar-refractivity contribution in [1.82, 2.24) is 25.3 Å². The van der Waals surface area contributed by atoms with Gasteiger partial charge in [0.15, 0.2) is 0 Å². The molecule has 1 atom stereocenters. The second-order valence-corrected chi connectivity index (χ2v) is 9.22. The Balaban J connectivity index is 1.32. The number of para-hydroxylation sites is 1. The largest absolute Gasteiger partial charge is 0.378 e. The van der Waals surface area contributed by atoms with E-state index in [9.17, 15) is 4.79 Å². The first-order valence-corrected chi connectivity index (χ1v) is 12.5. The number of fused-ring (bicyclic) bond motifs is 1. The van der Waals surface area contributed by atoms with Crippen LogP contribution in [0, 0.1) is 6.92 Å². The van der Waals surface area contributed by atoms with Crippen LogP contribution in [0.25, 0.3) is 22.2 Å². The molecule has 0 aliphatic carbocycles. The van der Waals surface area contributed by atoms with E-state index >= 15 is 0 Å². The van der Waals surface area contributed by atoms with Crippen LogP contribution in [0.1, 0.15) is 34.3 Å². The standard InChI is InChI=1S/C28H31N7O2/c1-18-13-20(16-32-27(18)35-9-11-37-12-10-35)24-14-25(34-17-33-24)31-15-19(2)21-5-4-6-22-23(28(36)29-3)7-8-30-26(21)22/h4-8,13-14,16-17,19H,9-12,15H2,1-3H3,(H,29,36)(H,31,33,34). The highest BCUT2D eigenvalue weighted by Gasteiger charge is 2.17. The zero-order valence-corrected chi connectivity index (χ0v) is 21.4. The number of rotatable bonds is 7. The molecule has 0 bridgehead atoms. The topological polar surface area (TPSA) is 105 Å².